The normalized spacial score (nSPS) is 15.3. The number of urea groups is 1. The highest BCUT2D eigenvalue weighted by Crippen LogP contribution is 2.25. The van der Waals surface area contributed by atoms with Crippen LogP contribution < -0.4 is 10.6 Å². The molecule has 1 fully saturated rings. The van der Waals surface area contributed by atoms with Crippen LogP contribution in [0.25, 0.3) is 0 Å². The smallest absolute Gasteiger partial charge is 0.321 e. The summed E-state index contributed by atoms with van der Waals surface area (Å²) in [5.74, 6) is -0.00978. The predicted octanol–water partition coefficient (Wildman–Crippen LogP) is 3.80. The van der Waals surface area contributed by atoms with Gasteiger partial charge < -0.3 is 15.5 Å². The van der Waals surface area contributed by atoms with E-state index in [0.29, 0.717) is 32.7 Å². The Kier molecular flexibility index (Phi) is 6.96. The van der Waals surface area contributed by atoms with E-state index in [1.165, 1.54) is 0 Å². The van der Waals surface area contributed by atoms with E-state index < -0.39 is 0 Å². The number of anilines is 1. The molecule has 1 aliphatic heterocycles. The molecule has 4 rings (SSSR count). The molecule has 1 aliphatic rings. The Bertz CT molecular complexity index is 971. The molecule has 1 atom stereocenters. The van der Waals surface area contributed by atoms with Crippen LogP contribution in [0.3, 0.4) is 0 Å². The Balaban J connectivity index is 1.29. The molecular weight excluding hydrogens is 408 g/mol. The Morgan fingerprint density at radius 1 is 0.871 bits per heavy atom. The number of carbonyl (C=O) groups is 2. The van der Waals surface area contributed by atoms with Crippen molar-refractivity contribution in [1.29, 1.82) is 0 Å². The topological polar surface area (TPSA) is 64.7 Å². The van der Waals surface area contributed by atoms with Gasteiger partial charge in [0, 0.05) is 36.7 Å². The van der Waals surface area contributed by atoms with Crippen molar-refractivity contribution >= 4 is 29.0 Å². The summed E-state index contributed by atoms with van der Waals surface area (Å²) in [7, 11) is 0. The average molecular weight is 435 g/mol. The lowest BCUT2D eigenvalue weighted by Crippen LogP contribution is -2.52. The van der Waals surface area contributed by atoms with Crippen LogP contribution in [-0.2, 0) is 4.79 Å². The fourth-order valence-corrected chi connectivity index (χ4v) is 4.47. The molecule has 1 saturated heterocycles. The van der Waals surface area contributed by atoms with Crippen molar-refractivity contribution in [2.24, 2.45) is 0 Å². The number of nitrogens with zero attached hydrogens (tertiary/aromatic N) is 2. The number of para-hydroxylation sites is 1. The van der Waals surface area contributed by atoms with E-state index in [0.717, 1.165) is 16.1 Å². The number of piperazine rings is 1. The summed E-state index contributed by atoms with van der Waals surface area (Å²) in [6.45, 7) is 2.86. The Morgan fingerprint density at radius 3 is 2.19 bits per heavy atom. The summed E-state index contributed by atoms with van der Waals surface area (Å²) < 4.78 is 0. The second kappa shape index (κ2) is 10.2. The number of thiophene rings is 1. The van der Waals surface area contributed by atoms with Crippen molar-refractivity contribution in [2.45, 2.75) is 6.04 Å². The van der Waals surface area contributed by atoms with Gasteiger partial charge in [-0.15, -0.1) is 11.3 Å². The van der Waals surface area contributed by atoms with Crippen LogP contribution in [0.5, 0.6) is 0 Å². The van der Waals surface area contributed by atoms with E-state index in [9.17, 15) is 9.59 Å². The van der Waals surface area contributed by atoms with Gasteiger partial charge in [-0.2, -0.15) is 0 Å². The van der Waals surface area contributed by atoms with Crippen molar-refractivity contribution in [3.05, 3.63) is 88.6 Å². The molecule has 3 amide bonds. The number of nitrogens with one attached hydrogen (secondary N) is 2. The molecule has 3 aromatic rings. The average Bonchev–Trinajstić information content (AvgIpc) is 3.34. The van der Waals surface area contributed by atoms with Gasteiger partial charge in [0.25, 0.3) is 0 Å². The predicted molar refractivity (Wildman–Crippen MR) is 124 cm³/mol. The maximum absolute atomic E-state index is 12.8. The zero-order chi connectivity index (χ0) is 21.5. The van der Waals surface area contributed by atoms with Gasteiger partial charge in [-0.05, 0) is 29.1 Å². The van der Waals surface area contributed by atoms with Crippen LogP contribution in [0.1, 0.15) is 16.5 Å². The quantitative estimate of drug-likeness (QED) is 0.620. The number of hydrogen-bond acceptors (Lipinski definition) is 4. The Hall–Kier alpha value is -3.16. The van der Waals surface area contributed by atoms with Gasteiger partial charge >= 0.3 is 6.03 Å². The van der Waals surface area contributed by atoms with Crippen molar-refractivity contribution in [3.8, 4) is 0 Å². The number of carbonyl (C=O) groups excluding carboxylic acids is 2. The fraction of sp³-hybridized carbons (Fsp3) is 0.250. The van der Waals surface area contributed by atoms with Gasteiger partial charge in [0.15, 0.2) is 0 Å². The molecule has 160 valence electrons. The number of hydrogen-bond donors (Lipinski definition) is 2. The molecule has 1 aromatic heterocycles. The van der Waals surface area contributed by atoms with E-state index >= 15 is 0 Å². The summed E-state index contributed by atoms with van der Waals surface area (Å²) in [5.41, 5.74) is 1.86. The minimum absolute atomic E-state index is 0.00978. The largest absolute Gasteiger partial charge is 0.343 e. The van der Waals surface area contributed by atoms with Gasteiger partial charge in [-0.1, -0.05) is 54.6 Å². The van der Waals surface area contributed by atoms with Gasteiger partial charge in [0.2, 0.25) is 5.91 Å². The van der Waals surface area contributed by atoms with E-state index in [1.807, 2.05) is 78.2 Å². The third-order valence-electron chi connectivity index (χ3n) is 5.32. The van der Waals surface area contributed by atoms with Gasteiger partial charge in [-0.3, -0.25) is 9.69 Å². The highest BCUT2D eigenvalue weighted by Gasteiger charge is 2.24. The first-order valence-electron chi connectivity index (χ1n) is 10.4. The molecule has 0 spiro atoms. The van der Waals surface area contributed by atoms with Crippen molar-refractivity contribution in [1.82, 2.24) is 15.1 Å². The van der Waals surface area contributed by atoms with Crippen molar-refractivity contribution < 1.29 is 9.59 Å². The van der Waals surface area contributed by atoms with E-state index in [2.05, 4.69) is 15.5 Å². The maximum atomic E-state index is 12.8. The molecule has 1 unspecified atom stereocenters. The van der Waals surface area contributed by atoms with E-state index in [1.54, 1.807) is 16.2 Å². The van der Waals surface area contributed by atoms with Crippen LogP contribution >= 0.6 is 11.3 Å². The van der Waals surface area contributed by atoms with Crippen LogP contribution in [0.2, 0.25) is 0 Å². The second-order valence-electron chi connectivity index (χ2n) is 7.49. The molecule has 0 radical (unpaired) electrons. The highest BCUT2D eigenvalue weighted by atomic mass is 32.1. The molecule has 31 heavy (non-hydrogen) atoms. The fourth-order valence-electron chi connectivity index (χ4n) is 3.66. The van der Waals surface area contributed by atoms with Gasteiger partial charge in [-0.25, -0.2) is 4.79 Å². The lowest BCUT2D eigenvalue weighted by Gasteiger charge is -2.34. The summed E-state index contributed by atoms with van der Waals surface area (Å²) in [6.07, 6.45) is 0. The minimum Gasteiger partial charge on any atom is -0.343 e. The molecule has 0 saturated carbocycles. The Morgan fingerprint density at radius 2 is 1.55 bits per heavy atom. The second-order valence-corrected chi connectivity index (χ2v) is 8.47. The lowest BCUT2D eigenvalue weighted by molar-refractivity contribution is -0.123. The first kappa shape index (κ1) is 21.1. The molecule has 0 aliphatic carbocycles. The maximum Gasteiger partial charge on any atom is 0.321 e. The third kappa shape index (κ3) is 5.71. The highest BCUT2D eigenvalue weighted by molar-refractivity contribution is 7.10. The zero-order valence-corrected chi connectivity index (χ0v) is 18.1. The van der Waals surface area contributed by atoms with Crippen LogP contribution in [0.15, 0.2) is 78.2 Å². The molecule has 7 heteroatoms. The molecule has 2 heterocycles. The summed E-state index contributed by atoms with van der Waals surface area (Å²) in [4.78, 5) is 30.3. The molecular formula is C24H26N4O2S. The zero-order valence-electron chi connectivity index (χ0n) is 17.2. The standard InChI is InChI=1S/C24H26N4O2S/c29-22(26-23(21-12-7-17-31-21)19-8-3-1-4-9-19)18-27-13-15-28(16-14-27)24(30)25-20-10-5-2-6-11-20/h1-12,17,23H,13-16,18H2,(H,25,30)(H,26,29). The van der Waals surface area contributed by atoms with Crippen molar-refractivity contribution in [2.75, 3.05) is 38.0 Å². The SMILES string of the molecule is O=C(CN1CCN(C(=O)Nc2ccccc2)CC1)NC(c1ccccc1)c1cccs1. The first-order valence-corrected chi connectivity index (χ1v) is 11.3. The number of rotatable bonds is 6. The number of benzene rings is 2. The van der Waals surface area contributed by atoms with Crippen LogP contribution in [0, 0.1) is 0 Å². The molecule has 2 N–H and O–H groups in total. The van der Waals surface area contributed by atoms with Crippen molar-refractivity contribution in [3.63, 3.8) is 0 Å². The Labute approximate surface area is 186 Å². The first-order chi connectivity index (χ1) is 15.2. The van der Waals surface area contributed by atoms with E-state index in [4.69, 9.17) is 0 Å². The summed E-state index contributed by atoms with van der Waals surface area (Å²) >= 11 is 1.64. The molecule has 6 nitrogen and oxygen atoms in total. The van der Waals surface area contributed by atoms with Crippen LogP contribution in [-0.4, -0.2) is 54.5 Å². The van der Waals surface area contributed by atoms with E-state index in [-0.39, 0.29) is 18.0 Å². The molecule has 2 aromatic carbocycles. The van der Waals surface area contributed by atoms with Crippen LogP contribution in [0.4, 0.5) is 10.5 Å². The monoisotopic (exact) mass is 434 g/mol. The van der Waals surface area contributed by atoms with Gasteiger partial charge in [0.1, 0.15) is 0 Å². The summed E-state index contributed by atoms with van der Waals surface area (Å²) in [5, 5.41) is 8.13. The van der Waals surface area contributed by atoms with Gasteiger partial charge in [0.05, 0.1) is 12.6 Å². The minimum atomic E-state index is -0.147. The summed E-state index contributed by atoms with van der Waals surface area (Å²) in [6, 6.07) is 23.3. The third-order valence-corrected chi connectivity index (χ3v) is 6.25. The number of amides is 3. The molecule has 0 bridgehead atoms. The lowest BCUT2D eigenvalue weighted by atomic mass is 10.1.